The maximum Gasteiger partial charge on any atom is 0.227 e. The molecule has 1 saturated heterocycles. The van der Waals surface area contributed by atoms with Crippen molar-refractivity contribution in [3.8, 4) is 5.75 Å². The number of benzene rings is 1. The van der Waals surface area contributed by atoms with Crippen molar-refractivity contribution in [3.05, 3.63) is 52.4 Å². The van der Waals surface area contributed by atoms with Crippen LogP contribution in [0.3, 0.4) is 0 Å². The largest absolute Gasteiger partial charge is 0.497 e. The highest BCUT2D eigenvalue weighted by Crippen LogP contribution is 2.35. The number of hydrogen-bond acceptors (Lipinski definition) is 4. The number of furan rings is 1. The predicted octanol–water partition coefficient (Wildman–Crippen LogP) is 4.41. The number of likely N-dealkylation sites (tertiary alicyclic amines) is 1. The number of thiophene rings is 1. The molecule has 1 aromatic carbocycles. The molecule has 1 atom stereocenters. The van der Waals surface area contributed by atoms with Gasteiger partial charge in [0.05, 0.1) is 25.8 Å². The van der Waals surface area contributed by atoms with Crippen molar-refractivity contribution < 1.29 is 13.9 Å². The van der Waals surface area contributed by atoms with Gasteiger partial charge in [-0.25, -0.2) is 0 Å². The Hall–Kier alpha value is -2.27. The molecule has 1 fully saturated rings. The number of amides is 1. The summed E-state index contributed by atoms with van der Waals surface area (Å²) in [5, 5.41) is 3.06. The monoisotopic (exact) mass is 341 g/mol. The second-order valence-corrected chi connectivity index (χ2v) is 7.04. The third-order valence-electron chi connectivity index (χ3n) is 4.65. The van der Waals surface area contributed by atoms with E-state index in [0.29, 0.717) is 6.42 Å². The van der Waals surface area contributed by atoms with Gasteiger partial charge < -0.3 is 14.1 Å². The number of hydrogen-bond donors (Lipinski definition) is 0. The first-order chi connectivity index (χ1) is 11.8. The van der Waals surface area contributed by atoms with E-state index in [1.807, 2.05) is 23.1 Å². The van der Waals surface area contributed by atoms with Gasteiger partial charge in [-0.1, -0.05) is 6.07 Å². The Bertz CT molecular complexity index is 853. The van der Waals surface area contributed by atoms with Gasteiger partial charge in [-0.15, -0.1) is 11.3 Å². The molecule has 0 radical (unpaired) electrons. The van der Waals surface area contributed by atoms with Crippen LogP contribution in [0.5, 0.6) is 5.75 Å². The van der Waals surface area contributed by atoms with Crippen LogP contribution in [0.2, 0.25) is 0 Å². The Morgan fingerprint density at radius 2 is 2.33 bits per heavy atom. The van der Waals surface area contributed by atoms with Crippen LogP contribution < -0.4 is 4.74 Å². The van der Waals surface area contributed by atoms with Crippen LogP contribution in [-0.2, 0) is 11.2 Å². The van der Waals surface area contributed by atoms with E-state index in [0.717, 1.165) is 41.7 Å². The van der Waals surface area contributed by atoms with E-state index in [9.17, 15) is 4.79 Å². The maximum absolute atomic E-state index is 12.8. The fraction of sp³-hybridized carbons (Fsp3) is 0.316. The van der Waals surface area contributed by atoms with E-state index in [2.05, 4.69) is 17.5 Å². The third kappa shape index (κ3) is 2.69. The van der Waals surface area contributed by atoms with Crippen molar-refractivity contribution in [2.45, 2.75) is 25.3 Å². The minimum absolute atomic E-state index is 0.171. The molecule has 0 spiro atoms. The van der Waals surface area contributed by atoms with Crippen LogP contribution in [0.25, 0.3) is 11.0 Å². The van der Waals surface area contributed by atoms with Gasteiger partial charge in [-0.05, 0) is 36.4 Å². The number of carbonyl (C=O) groups is 1. The Kier molecular flexibility index (Phi) is 4.02. The second-order valence-electron chi connectivity index (χ2n) is 6.06. The molecule has 0 aliphatic carbocycles. The minimum Gasteiger partial charge on any atom is -0.497 e. The summed E-state index contributed by atoms with van der Waals surface area (Å²) in [6.45, 7) is 0.838. The molecule has 0 saturated carbocycles. The Labute approximate surface area is 144 Å². The number of methoxy groups -OCH3 is 1. The summed E-state index contributed by atoms with van der Waals surface area (Å²) in [5.74, 6) is 0.927. The smallest absolute Gasteiger partial charge is 0.227 e. The first-order valence-electron chi connectivity index (χ1n) is 8.13. The van der Waals surface area contributed by atoms with E-state index >= 15 is 0 Å². The lowest BCUT2D eigenvalue weighted by Gasteiger charge is -2.23. The lowest BCUT2D eigenvalue weighted by Crippen LogP contribution is -2.31. The maximum atomic E-state index is 12.8. The zero-order valence-electron chi connectivity index (χ0n) is 13.5. The summed E-state index contributed by atoms with van der Waals surface area (Å²) in [6.07, 6.45) is 4.19. The number of ether oxygens (including phenoxy) is 1. The van der Waals surface area contributed by atoms with Crippen molar-refractivity contribution in [3.63, 3.8) is 0 Å². The average Bonchev–Trinajstić information content (AvgIpc) is 3.34. The van der Waals surface area contributed by atoms with Crippen molar-refractivity contribution in [1.29, 1.82) is 0 Å². The molecule has 3 aromatic rings. The molecule has 1 amide bonds. The lowest BCUT2D eigenvalue weighted by molar-refractivity contribution is -0.131. The zero-order chi connectivity index (χ0) is 16.5. The van der Waals surface area contributed by atoms with Gasteiger partial charge in [0.15, 0.2) is 0 Å². The second kappa shape index (κ2) is 6.32. The molecule has 4 rings (SSSR count). The van der Waals surface area contributed by atoms with E-state index in [1.54, 1.807) is 24.7 Å². The number of carbonyl (C=O) groups excluding carboxylic acids is 1. The molecule has 1 aliphatic rings. The highest BCUT2D eigenvalue weighted by atomic mass is 32.1. The van der Waals surface area contributed by atoms with Gasteiger partial charge >= 0.3 is 0 Å². The van der Waals surface area contributed by atoms with Crippen molar-refractivity contribution in [2.24, 2.45) is 0 Å². The summed E-state index contributed by atoms with van der Waals surface area (Å²) < 4.78 is 10.8. The van der Waals surface area contributed by atoms with E-state index in [-0.39, 0.29) is 11.9 Å². The summed E-state index contributed by atoms with van der Waals surface area (Å²) in [6, 6.07) is 10.1. The van der Waals surface area contributed by atoms with E-state index in [1.165, 1.54) is 4.88 Å². The van der Waals surface area contributed by atoms with E-state index < -0.39 is 0 Å². The van der Waals surface area contributed by atoms with Crippen LogP contribution in [0.4, 0.5) is 0 Å². The van der Waals surface area contributed by atoms with Gasteiger partial charge in [0.25, 0.3) is 0 Å². The summed E-state index contributed by atoms with van der Waals surface area (Å²) in [5.41, 5.74) is 1.70. The molecule has 0 N–H and O–H groups in total. The number of nitrogens with zero attached hydrogens (tertiary/aromatic N) is 1. The highest BCUT2D eigenvalue weighted by Gasteiger charge is 2.30. The molecule has 1 aliphatic heterocycles. The first-order valence-corrected chi connectivity index (χ1v) is 9.01. The Balaban J connectivity index is 1.55. The topological polar surface area (TPSA) is 42.7 Å². The average molecular weight is 341 g/mol. The number of fused-ring (bicyclic) bond motifs is 1. The van der Waals surface area contributed by atoms with Crippen LogP contribution in [0.1, 0.15) is 29.3 Å². The van der Waals surface area contributed by atoms with Crippen molar-refractivity contribution in [1.82, 2.24) is 4.90 Å². The van der Waals surface area contributed by atoms with Crippen LogP contribution in [-0.4, -0.2) is 24.5 Å². The summed E-state index contributed by atoms with van der Waals surface area (Å²) in [7, 11) is 1.63. The first kappa shape index (κ1) is 15.3. The highest BCUT2D eigenvalue weighted by molar-refractivity contribution is 7.10. The molecule has 0 bridgehead atoms. The fourth-order valence-corrected chi connectivity index (χ4v) is 4.31. The summed E-state index contributed by atoms with van der Waals surface area (Å²) in [4.78, 5) is 16.2. The molecule has 124 valence electrons. The van der Waals surface area contributed by atoms with Crippen LogP contribution in [0, 0.1) is 0 Å². The van der Waals surface area contributed by atoms with Gasteiger partial charge in [0.2, 0.25) is 5.91 Å². The zero-order valence-corrected chi connectivity index (χ0v) is 14.3. The van der Waals surface area contributed by atoms with Gasteiger partial charge in [0, 0.05) is 28.4 Å². The Morgan fingerprint density at radius 3 is 3.12 bits per heavy atom. The quantitative estimate of drug-likeness (QED) is 0.706. The third-order valence-corrected chi connectivity index (χ3v) is 5.62. The lowest BCUT2D eigenvalue weighted by atomic mass is 10.1. The molecular weight excluding hydrogens is 322 g/mol. The summed E-state index contributed by atoms with van der Waals surface area (Å²) >= 11 is 1.73. The van der Waals surface area contributed by atoms with Crippen molar-refractivity contribution in [2.75, 3.05) is 13.7 Å². The van der Waals surface area contributed by atoms with Crippen LogP contribution in [0.15, 0.2) is 46.4 Å². The molecule has 5 heteroatoms. The molecule has 4 nitrogen and oxygen atoms in total. The molecular formula is C19H19NO3S. The Morgan fingerprint density at radius 1 is 1.42 bits per heavy atom. The predicted molar refractivity (Wildman–Crippen MR) is 94.5 cm³/mol. The standard InChI is InChI=1S/C19H19NO3S/c1-22-14-6-7-15-13(12-23-17(15)11-14)10-19(21)20-8-2-4-16(20)18-5-3-9-24-18/h3,5-7,9,11-12,16H,2,4,8,10H2,1H3. The van der Waals surface area contributed by atoms with Crippen LogP contribution >= 0.6 is 11.3 Å². The van der Waals surface area contributed by atoms with Crippen molar-refractivity contribution >= 4 is 28.2 Å². The molecule has 2 aromatic heterocycles. The van der Waals surface area contributed by atoms with Gasteiger partial charge in [0.1, 0.15) is 11.3 Å². The normalized spacial score (nSPS) is 17.5. The number of rotatable bonds is 4. The fourth-order valence-electron chi connectivity index (χ4n) is 3.43. The van der Waals surface area contributed by atoms with E-state index in [4.69, 9.17) is 9.15 Å². The molecule has 3 heterocycles. The van der Waals surface area contributed by atoms with Gasteiger partial charge in [-0.2, -0.15) is 0 Å². The minimum atomic E-state index is 0.171. The SMILES string of the molecule is COc1ccc2c(CC(=O)N3CCCC3c3cccs3)coc2c1. The molecule has 1 unspecified atom stereocenters. The molecule has 24 heavy (non-hydrogen) atoms. The van der Waals surface area contributed by atoms with Gasteiger partial charge in [-0.3, -0.25) is 4.79 Å².